The van der Waals surface area contributed by atoms with E-state index in [1.807, 2.05) is 0 Å². The molecule has 1 atom stereocenters. The Morgan fingerprint density at radius 3 is 2.62 bits per heavy atom. The first-order valence-corrected chi connectivity index (χ1v) is 9.60. The molecule has 0 aliphatic heterocycles. The summed E-state index contributed by atoms with van der Waals surface area (Å²) in [5.41, 5.74) is -0.413. The molecule has 1 aromatic heterocycles. The molecule has 29 heavy (non-hydrogen) atoms. The van der Waals surface area contributed by atoms with Crippen LogP contribution >= 0.6 is 11.8 Å². The van der Waals surface area contributed by atoms with Gasteiger partial charge in [-0.3, -0.25) is 0 Å². The molecule has 0 bridgehead atoms. The van der Waals surface area contributed by atoms with Gasteiger partial charge in [0, 0.05) is 11.4 Å². The van der Waals surface area contributed by atoms with Crippen molar-refractivity contribution in [2.24, 2.45) is 0 Å². The summed E-state index contributed by atoms with van der Waals surface area (Å²) in [6, 6.07) is 6.31. The van der Waals surface area contributed by atoms with Gasteiger partial charge in [-0.15, -0.1) is 16.9 Å². The smallest absolute Gasteiger partial charge is 0.315 e. The minimum Gasteiger partial charge on any atom is -0.403 e. The van der Waals surface area contributed by atoms with Gasteiger partial charge in [0.05, 0.1) is 29.6 Å². The third-order valence-corrected chi connectivity index (χ3v) is 4.61. The van der Waals surface area contributed by atoms with Crippen molar-refractivity contribution in [3.8, 4) is 11.5 Å². The molecule has 0 radical (unpaired) electrons. The SMILES string of the molecule is CSc1ccc(Nc2c(-c3nnc(NC[C@H](O)CO)o3)ccc(F)c2F)c(F)c1. The van der Waals surface area contributed by atoms with E-state index in [1.165, 1.54) is 30.0 Å². The van der Waals surface area contributed by atoms with E-state index in [4.69, 9.17) is 9.52 Å². The number of halogens is 3. The normalized spacial score (nSPS) is 12.1. The third-order valence-electron chi connectivity index (χ3n) is 3.89. The predicted molar refractivity (Wildman–Crippen MR) is 103 cm³/mol. The lowest BCUT2D eigenvalue weighted by Gasteiger charge is -2.13. The molecule has 0 spiro atoms. The standard InChI is InChI=1S/C18H17F3N4O3S/c1-29-10-2-5-14(13(20)6-10)23-16-11(3-4-12(19)15(16)21)17-24-25-18(28-17)22-7-9(27)8-26/h2-6,9,23,26-27H,7-8H2,1H3,(H,22,25)/t9-/m0/s1. The van der Waals surface area contributed by atoms with E-state index in [-0.39, 0.29) is 35.4 Å². The molecule has 3 rings (SSSR count). The molecule has 4 N–H and O–H groups in total. The van der Waals surface area contributed by atoms with Gasteiger partial charge in [0.25, 0.3) is 5.89 Å². The molecular formula is C18H17F3N4O3S. The van der Waals surface area contributed by atoms with Crippen LogP contribution < -0.4 is 10.6 Å². The lowest BCUT2D eigenvalue weighted by molar-refractivity contribution is 0.105. The zero-order chi connectivity index (χ0) is 21.0. The highest BCUT2D eigenvalue weighted by Gasteiger charge is 2.21. The maximum atomic E-state index is 14.5. The zero-order valence-electron chi connectivity index (χ0n) is 15.1. The van der Waals surface area contributed by atoms with E-state index in [0.717, 1.165) is 6.07 Å². The summed E-state index contributed by atoms with van der Waals surface area (Å²) in [7, 11) is 0. The number of hydrogen-bond acceptors (Lipinski definition) is 8. The van der Waals surface area contributed by atoms with Gasteiger partial charge in [0.15, 0.2) is 11.6 Å². The first-order chi connectivity index (χ1) is 13.9. The average molecular weight is 426 g/mol. The molecule has 0 fully saturated rings. The van der Waals surface area contributed by atoms with Crippen molar-refractivity contribution < 1.29 is 27.8 Å². The van der Waals surface area contributed by atoms with E-state index < -0.39 is 30.2 Å². The Kier molecular flexibility index (Phi) is 6.62. The second kappa shape index (κ2) is 9.16. The summed E-state index contributed by atoms with van der Waals surface area (Å²) in [4.78, 5) is 0.672. The van der Waals surface area contributed by atoms with Crippen LogP contribution in [0.3, 0.4) is 0 Å². The van der Waals surface area contributed by atoms with Gasteiger partial charge in [0.1, 0.15) is 5.82 Å². The van der Waals surface area contributed by atoms with Crippen LogP contribution in [0.15, 0.2) is 39.6 Å². The van der Waals surface area contributed by atoms with E-state index in [9.17, 15) is 18.3 Å². The summed E-state index contributed by atoms with van der Waals surface area (Å²) in [6.07, 6.45) is 0.741. The number of hydrogen-bond donors (Lipinski definition) is 4. The molecule has 11 heteroatoms. The van der Waals surface area contributed by atoms with Crippen molar-refractivity contribution in [3.05, 3.63) is 47.8 Å². The number of benzene rings is 2. The molecule has 2 aromatic carbocycles. The van der Waals surface area contributed by atoms with Crippen LogP contribution in [0, 0.1) is 17.5 Å². The number of anilines is 3. The van der Waals surface area contributed by atoms with Gasteiger partial charge in [-0.2, -0.15) is 0 Å². The zero-order valence-corrected chi connectivity index (χ0v) is 15.9. The summed E-state index contributed by atoms with van der Waals surface area (Å²) >= 11 is 1.34. The highest BCUT2D eigenvalue weighted by atomic mass is 32.2. The molecule has 0 aliphatic carbocycles. The molecule has 3 aromatic rings. The predicted octanol–water partition coefficient (Wildman–Crippen LogP) is 3.38. The van der Waals surface area contributed by atoms with Crippen LogP contribution in [0.5, 0.6) is 0 Å². The monoisotopic (exact) mass is 426 g/mol. The molecule has 7 nitrogen and oxygen atoms in total. The number of nitrogens with zero attached hydrogens (tertiary/aromatic N) is 2. The molecule has 154 valence electrons. The lowest BCUT2D eigenvalue weighted by atomic mass is 10.1. The number of thioether (sulfide) groups is 1. The van der Waals surface area contributed by atoms with Gasteiger partial charge in [-0.05, 0) is 36.6 Å². The highest BCUT2D eigenvalue weighted by molar-refractivity contribution is 7.98. The number of nitrogens with one attached hydrogen (secondary N) is 2. The van der Waals surface area contributed by atoms with Crippen molar-refractivity contribution in [1.29, 1.82) is 0 Å². The van der Waals surface area contributed by atoms with Crippen LogP contribution in [0.2, 0.25) is 0 Å². The van der Waals surface area contributed by atoms with Crippen LogP contribution in [0.25, 0.3) is 11.5 Å². The van der Waals surface area contributed by atoms with Gasteiger partial charge in [0.2, 0.25) is 0 Å². The van der Waals surface area contributed by atoms with E-state index in [0.29, 0.717) is 4.90 Å². The molecule has 0 aliphatic rings. The third kappa shape index (κ3) is 4.81. The fourth-order valence-corrected chi connectivity index (χ4v) is 2.81. The van der Waals surface area contributed by atoms with Gasteiger partial charge < -0.3 is 25.3 Å². The van der Waals surface area contributed by atoms with Crippen molar-refractivity contribution in [3.63, 3.8) is 0 Å². The van der Waals surface area contributed by atoms with E-state index in [2.05, 4.69) is 20.8 Å². The minimum absolute atomic E-state index is 0.0144. The average Bonchev–Trinajstić information content (AvgIpc) is 3.19. The van der Waals surface area contributed by atoms with Crippen LogP contribution in [-0.2, 0) is 0 Å². The molecule has 0 amide bonds. The quantitative estimate of drug-likeness (QED) is 0.407. The van der Waals surface area contributed by atoms with Crippen LogP contribution in [-0.4, -0.2) is 45.9 Å². The summed E-state index contributed by atoms with van der Waals surface area (Å²) in [6.45, 7) is -0.528. The first-order valence-electron chi connectivity index (χ1n) is 8.38. The summed E-state index contributed by atoms with van der Waals surface area (Å²) in [5.74, 6) is -3.17. The Bertz CT molecular complexity index is 1000. The molecule has 0 saturated carbocycles. The molecule has 0 unspecified atom stereocenters. The Morgan fingerprint density at radius 1 is 1.14 bits per heavy atom. The number of aromatic nitrogens is 2. The number of rotatable bonds is 8. The Hall–Kier alpha value is -2.76. The topological polar surface area (TPSA) is 103 Å². The number of aliphatic hydroxyl groups is 2. The van der Waals surface area contributed by atoms with Gasteiger partial charge >= 0.3 is 6.01 Å². The first kappa shape index (κ1) is 21.0. The summed E-state index contributed by atoms with van der Waals surface area (Å²) < 4.78 is 48.0. The summed E-state index contributed by atoms with van der Waals surface area (Å²) in [5, 5.41) is 30.8. The lowest BCUT2D eigenvalue weighted by Crippen LogP contribution is -2.23. The maximum absolute atomic E-state index is 14.5. The molecule has 1 heterocycles. The van der Waals surface area contributed by atoms with Crippen LogP contribution in [0.4, 0.5) is 30.6 Å². The Morgan fingerprint density at radius 2 is 1.93 bits per heavy atom. The van der Waals surface area contributed by atoms with Gasteiger partial charge in [-0.1, -0.05) is 5.10 Å². The highest BCUT2D eigenvalue weighted by Crippen LogP contribution is 2.35. The second-order valence-corrected chi connectivity index (χ2v) is 6.76. The van der Waals surface area contributed by atoms with Crippen molar-refractivity contribution in [1.82, 2.24) is 10.2 Å². The van der Waals surface area contributed by atoms with Crippen molar-refractivity contribution >= 4 is 29.2 Å². The van der Waals surface area contributed by atoms with Gasteiger partial charge in [-0.25, -0.2) is 13.2 Å². The number of aliphatic hydroxyl groups excluding tert-OH is 2. The maximum Gasteiger partial charge on any atom is 0.315 e. The minimum atomic E-state index is -1.24. The Labute approximate surface area is 168 Å². The Balaban J connectivity index is 1.93. The molecular weight excluding hydrogens is 409 g/mol. The van der Waals surface area contributed by atoms with Crippen molar-refractivity contribution in [2.75, 3.05) is 30.0 Å². The van der Waals surface area contributed by atoms with E-state index >= 15 is 0 Å². The fourth-order valence-electron chi connectivity index (χ4n) is 2.38. The van der Waals surface area contributed by atoms with E-state index in [1.54, 1.807) is 12.3 Å². The fraction of sp³-hybridized carbons (Fsp3) is 0.222. The molecule has 0 saturated heterocycles. The largest absolute Gasteiger partial charge is 0.403 e. The second-order valence-electron chi connectivity index (χ2n) is 5.88. The van der Waals surface area contributed by atoms with Crippen LogP contribution in [0.1, 0.15) is 0 Å². The van der Waals surface area contributed by atoms with Crippen molar-refractivity contribution in [2.45, 2.75) is 11.0 Å².